The van der Waals surface area contributed by atoms with Crippen molar-refractivity contribution in [2.75, 3.05) is 18.1 Å². The smallest absolute Gasteiger partial charge is 0.251 e. The van der Waals surface area contributed by atoms with Crippen molar-refractivity contribution in [3.05, 3.63) is 35.6 Å². The minimum atomic E-state index is -3.33. The molecule has 1 aromatic carbocycles. The van der Waals surface area contributed by atoms with Crippen molar-refractivity contribution in [2.45, 2.75) is 18.6 Å². The van der Waals surface area contributed by atoms with Gasteiger partial charge in [-0.1, -0.05) is 0 Å². The molecule has 2 atom stereocenters. The van der Waals surface area contributed by atoms with Gasteiger partial charge >= 0.3 is 0 Å². The van der Waals surface area contributed by atoms with Gasteiger partial charge in [-0.05, 0) is 24.3 Å². The van der Waals surface area contributed by atoms with Gasteiger partial charge in [-0.15, -0.1) is 0 Å². The molecule has 0 aromatic heterocycles. The summed E-state index contributed by atoms with van der Waals surface area (Å²) in [5.41, 5.74) is 0.268. The molecule has 0 saturated carbocycles. The van der Waals surface area contributed by atoms with E-state index in [1.807, 2.05) is 0 Å². The van der Waals surface area contributed by atoms with E-state index < -0.39 is 39.6 Å². The molecule has 0 radical (unpaired) electrons. The predicted molar refractivity (Wildman–Crippen MR) is 79.9 cm³/mol. The molecule has 1 saturated heterocycles. The largest absolute Gasteiger partial charge is 0.390 e. The van der Waals surface area contributed by atoms with Gasteiger partial charge in [0.05, 0.1) is 23.7 Å². The minimum absolute atomic E-state index is 0.0393. The lowest BCUT2D eigenvalue weighted by Crippen LogP contribution is -2.43. The first-order valence-electron chi connectivity index (χ1n) is 6.98. The molecule has 1 aliphatic rings. The lowest BCUT2D eigenvalue weighted by Gasteiger charge is -2.14. The lowest BCUT2D eigenvalue weighted by molar-refractivity contribution is -0.122. The van der Waals surface area contributed by atoms with Crippen LogP contribution in [0, 0.1) is 5.82 Å². The number of rotatable bonds is 5. The van der Waals surface area contributed by atoms with E-state index in [1.165, 1.54) is 12.1 Å². The topological polar surface area (TPSA) is 113 Å². The van der Waals surface area contributed by atoms with E-state index in [2.05, 4.69) is 10.6 Å². The SMILES string of the molecule is O=C(CCNC(=O)c1ccc(F)cc1)N[C@@H]1CS(=O)(=O)C[C@H]1O. The van der Waals surface area contributed by atoms with Gasteiger partial charge in [-0.3, -0.25) is 9.59 Å². The minimum Gasteiger partial charge on any atom is -0.390 e. The normalized spacial score (nSPS) is 22.5. The van der Waals surface area contributed by atoms with Gasteiger partial charge in [-0.2, -0.15) is 0 Å². The number of halogens is 1. The highest BCUT2D eigenvalue weighted by Crippen LogP contribution is 2.12. The summed E-state index contributed by atoms with van der Waals surface area (Å²) in [6.07, 6.45) is -1.17. The molecule has 9 heteroatoms. The van der Waals surface area contributed by atoms with Crippen LogP contribution in [0.25, 0.3) is 0 Å². The standard InChI is InChI=1S/C14H17FN2O5S/c15-10-3-1-9(2-4-10)14(20)16-6-5-13(19)17-11-7-23(21,22)8-12(11)18/h1-4,11-12,18H,5-8H2,(H,16,20)(H,17,19)/t11-,12-/m1/s1. The fraction of sp³-hybridized carbons (Fsp3) is 0.429. The number of aliphatic hydroxyl groups excluding tert-OH is 1. The predicted octanol–water partition coefficient (Wildman–Crippen LogP) is -0.780. The van der Waals surface area contributed by atoms with Crippen LogP contribution >= 0.6 is 0 Å². The number of benzene rings is 1. The number of carbonyl (C=O) groups excluding carboxylic acids is 2. The molecule has 0 aliphatic carbocycles. The monoisotopic (exact) mass is 344 g/mol. The second kappa shape index (κ2) is 7.05. The first kappa shape index (κ1) is 17.4. The summed E-state index contributed by atoms with van der Waals surface area (Å²) < 4.78 is 35.4. The quantitative estimate of drug-likeness (QED) is 0.649. The zero-order chi connectivity index (χ0) is 17.0. The van der Waals surface area contributed by atoms with Crippen molar-refractivity contribution in [1.82, 2.24) is 10.6 Å². The molecule has 3 N–H and O–H groups in total. The number of sulfone groups is 1. The van der Waals surface area contributed by atoms with Gasteiger partial charge in [0.2, 0.25) is 5.91 Å². The molecular formula is C14H17FN2O5S. The highest BCUT2D eigenvalue weighted by atomic mass is 32.2. The second-order valence-electron chi connectivity index (χ2n) is 5.33. The van der Waals surface area contributed by atoms with E-state index in [0.29, 0.717) is 0 Å². The summed E-state index contributed by atoms with van der Waals surface area (Å²) in [5, 5.41) is 14.5. The number of hydrogen-bond acceptors (Lipinski definition) is 5. The van der Waals surface area contributed by atoms with Crippen LogP contribution in [0.4, 0.5) is 4.39 Å². The first-order valence-corrected chi connectivity index (χ1v) is 8.80. The van der Waals surface area contributed by atoms with E-state index in [4.69, 9.17) is 0 Å². The van der Waals surface area contributed by atoms with Crippen LogP contribution in [0.2, 0.25) is 0 Å². The summed E-state index contributed by atoms with van der Waals surface area (Å²) in [4.78, 5) is 23.4. The Labute approximate surface area is 132 Å². The maximum Gasteiger partial charge on any atom is 0.251 e. The molecule has 1 heterocycles. The number of carbonyl (C=O) groups is 2. The number of amides is 2. The second-order valence-corrected chi connectivity index (χ2v) is 7.48. The van der Waals surface area contributed by atoms with E-state index in [0.717, 1.165) is 12.1 Å². The Bertz CT molecular complexity index is 690. The summed E-state index contributed by atoms with van der Waals surface area (Å²) in [6.45, 7) is 0.0393. The Morgan fingerprint density at radius 2 is 1.87 bits per heavy atom. The van der Waals surface area contributed by atoms with Crippen molar-refractivity contribution in [3.8, 4) is 0 Å². The van der Waals surface area contributed by atoms with Gasteiger partial charge in [0.15, 0.2) is 9.84 Å². The fourth-order valence-corrected chi connectivity index (χ4v) is 3.98. The van der Waals surface area contributed by atoms with Crippen LogP contribution in [-0.2, 0) is 14.6 Å². The van der Waals surface area contributed by atoms with Crippen LogP contribution in [0.1, 0.15) is 16.8 Å². The van der Waals surface area contributed by atoms with E-state index in [-0.39, 0.29) is 30.0 Å². The summed E-state index contributed by atoms with van der Waals surface area (Å²) in [6, 6.07) is 4.14. The Kier molecular flexibility index (Phi) is 5.32. The molecule has 0 bridgehead atoms. The van der Waals surface area contributed by atoms with E-state index in [1.54, 1.807) is 0 Å². The molecule has 0 spiro atoms. The summed E-state index contributed by atoms with van der Waals surface area (Å²) in [7, 11) is -3.33. The summed E-state index contributed by atoms with van der Waals surface area (Å²) >= 11 is 0. The Hall–Kier alpha value is -2.00. The third kappa shape index (κ3) is 5.00. The van der Waals surface area contributed by atoms with Crippen molar-refractivity contribution < 1.29 is 27.5 Å². The van der Waals surface area contributed by atoms with Crippen molar-refractivity contribution in [3.63, 3.8) is 0 Å². The van der Waals surface area contributed by atoms with E-state index in [9.17, 15) is 27.5 Å². The van der Waals surface area contributed by atoms with Crippen LogP contribution in [-0.4, -0.2) is 55.5 Å². The third-order valence-electron chi connectivity index (χ3n) is 3.41. The molecule has 2 amide bonds. The van der Waals surface area contributed by atoms with Crippen LogP contribution < -0.4 is 10.6 Å². The number of nitrogens with one attached hydrogen (secondary N) is 2. The van der Waals surface area contributed by atoms with Crippen LogP contribution in [0.3, 0.4) is 0 Å². The first-order chi connectivity index (χ1) is 10.8. The zero-order valence-electron chi connectivity index (χ0n) is 12.2. The van der Waals surface area contributed by atoms with Gasteiger partial charge in [0, 0.05) is 18.5 Å². The highest BCUT2D eigenvalue weighted by Gasteiger charge is 2.37. The molecule has 0 unspecified atom stereocenters. The third-order valence-corrected chi connectivity index (χ3v) is 5.13. The Balaban J connectivity index is 1.75. The van der Waals surface area contributed by atoms with E-state index >= 15 is 0 Å². The molecule has 1 aromatic rings. The maximum atomic E-state index is 12.7. The van der Waals surface area contributed by atoms with Crippen LogP contribution in [0.15, 0.2) is 24.3 Å². The number of hydrogen-bond donors (Lipinski definition) is 3. The average Bonchev–Trinajstić information content (AvgIpc) is 2.71. The van der Waals surface area contributed by atoms with Gasteiger partial charge < -0.3 is 15.7 Å². The molecule has 1 aliphatic heterocycles. The molecule has 23 heavy (non-hydrogen) atoms. The van der Waals surface area contributed by atoms with Gasteiger partial charge in [0.1, 0.15) is 5.82 Å². The average molecular weight is 344 g/mol. The van der Waals surface area contributed by atoms with Crippen molar-refractivity contribution in [2.24, 2.45) is 0 Å². The molecule has 2 rings (SSSR count). The number of aliphatic hydroxyl groups is 1. The zero-order valence-corrected chi connectivity index (χ0v) is 13.0. The molecule has 7 nitrogen and oxygen atoms in total. The van der Waals surface area contributed by atoms with Gasteiger partial charge in [-0.25, -0.2) is 12.8 Å². The highest BCUT2D eigenvalue weighted by molar-refractivity contribution is 7.91. The Morgan fingerprint density at radius 3 is 2.43 bits per heavy atom. The Morgan fingerprint density at radius 1 is 1.22 bits per heavy atom. The van der Waals surface area contributed by atoms with Gasteiger partial charge in [0.25, 0.3) is 5.91 Å². The fourth-order valence-electron chi connectivity index (χ4n) is 2.24. The lowest BCUT2D eigenvalue weighted by atomic mass is 10.2. The van der Waals surface area contributed by atoms with Crippen LogP contribution in [0.5, 0.6) is 0 Å². The summed E-state index contributed by atoms with van der Waals surface area (Å²) in [5.74, 6) is -2.01. The molecule has 126 valence electrons. The molecular weight excluding hydrogens is 327 g/mol. The van der Waals surface area contributed by atoms with Crippen molar-refractivity contribution in [1.29, 1.82) is 0 Å². The maximum absolute atomic E-state index is 12.7. The van der Waals surface area contributed by atoms with Crippen molar-refractivity contribution >= 4 is 21.7 Å². The molecule has 1 fully saturated rings.